The van der Waals surface area contributed by atoms with Crippen molar-refractivity contribution in [2.75, 3.05) is 0 Å². The molecule has 0 heterocycles. The molecule has 0 radical (unpaired) electrons. The van der Waals surface area contributed by atoms with Crippen LogP contribution in [-0.2, 0) is 19.6 Å². The molecule has 5 nitrogen and oxygen atoms in total. The fraction of sp³-hybridized carbons (Fsp3) is 0.636. The number of sulfonamides is 1. The van der Waals surface area contributed by atoms with Crippen LogP contribution in [0.5, 0.6) is 0 Å². The first-order valence-corrected chi connectivity index (χ1v) is 12.6. The Hall–Kier alpha value is -1.05. The second kappa shape index (κ2) is 7.27. The number of ketones is 1. The lowest BCUT2D eigenvalue weighted by molar-refractivity contribution is -0.142. The molecule has 0 amide bonds. The van der Waals surface area contributed by atoms with Crippen molar-refractivity contribution in [1.82, 2.24) is 4.72 Å². The summed E-state index contributed by atoms with van der Waals surface area (Å²) in [5.41, 5.74) is -1.35. The van der Waals surface area contributed by atoms with Gasteiger partial charge < -0.3 is 4.79 Å². The van der Waals surface area contributed by atoms with E-state index in [9.17, 15) is 18.0 Å². The number of Topliss-reactive ketones (excluding diaryl/α,β-unsaturated/α-hetero) is 1. The third-order valence-corrected chi connectivity index (χ3v) is 10.1. The third kappa shape index (κ3) is 3.86. The van der Waals surface area contributed by atoms with E-state index in [4.69, 9.17) is 0 Å². The average molecular weight is 482 g/mol. The zero-order valence-electron chi connectivity index (χ0n) is 16.9. The summed E-state index contributed by atoms with van der Waals surface area (Å²) in [5.74, 6) is 1.62. The highest BCUT2D eigenvalue weighted by molar-refractivity contribution is 9.10. The molecule has 0 saturated heterocycles. The summed E-state index contributed by atoms with van der Waals surface area (Å²) >= 11 is 3.28. The summed E-state index contributed by atoms with van der Waals surface area (Å²) in [6.45, 7) is 3.29. The van der Waals surface area contributed by atoms with Crippen molar-refractivity contribution in [3.05, 3.63) is 28.7 Å². The second-order valence-corrected chi connectivity index (χ2v) is 12.4. The van der Waals surface area contributed by atoms with Gasteiger partial charge in [0.05, 0.1) is 10.4 Å². The van der Waals surface area contributed by atoms with E-state index in [2.05, 4.69) is 20.7 Å². The van der Waals surface area contributed by atoms with Gasteiger partial charge in [-0.2, -0.15) is 4.72 Å². The minimum absolute atomic E-state index is 0.0780. The zero-order chi connectivity index (χ0) is 21.0. The number of hydrogen-bond acceptors (Lipinski definition) is 4. The van der Waals surface area contributed by atoms with Crippen molar-refractivity contribution in [3.63, 3.8) is 0 Å². The first-order valence-electron chi connectivity index (χ1n) is 10.3. The van der Waals surface area contributed by atoms with Gasteiger partial charge in [-0.3, -0.25) is 4.79 Å². The molecule has 0 spiro atoms. The van der Waals surface area contributed by atoms with Gasteiger partial charge >= 0.3 is 0 Å². The van der Waals surface area contributed by atoms with E-state index in [1.807, 2.05) is 0 Å². The summed E-state index contributed by atoms with van der Waals surface area (Å²) in [4.78, 5) is 25.0. The average Bonchev–Trinajstić information content (AvgIpc) is 2.63. The van der Waals surface area contributed by atoms with Gasteiger partial charge in [-0.1, -0.05) is 12.1 Å². The number of benzene rings is 1. The van der Waals surface area contributed by atoms with Gasteiger partial charge in [0.25, 0.3) is 0 Å². The Kier molecular flexibility index (Phi) is 5.32. The van der Waals surface area contributed by atoms with Crippen molar-refractivity contribution in [1.29, 1.82) is 0 Å². The predicted molar refractivity (Wildman–Crippen MR) is 114 cm³/mol. The van der Waals surface area contributed by atoms with E-state index in [0.717, 1.165) is 32.1 Å². The van der Waals surface area contributed by atoms with Crippen LogP contribution in [0.3, 0.4) is 0 Å². The molecule has 7 heteroatoms. The minimum Gasteiger partial charge on any atom is -0.303 e. The van der Waals surface area contributed by atoms with Crippen molar-refractivity contribution in [2.45, 2.75) is 62.8 Å². The molecule has 4 aliphatic carbocycles. The van der Waals surface area contributed by atoms with Crippen molar-refractivity contribution < 1.29 is 18.0 Å². The standard InChI is InChI=1S/C22H28BrNO4S/c1-21(2,24-29(27,28)19-6-4-3-5-18(19)23)20(26)9-17-15-7-14-8-16(17)12-22(10-14,11-15)13-25/h3-6,13-17,24H,7-12H2,1-2H3. The van der Waals surface area contributed by atoms with E-state index in [1.165, 1.54) is 12.4 Å². The molecule has 5 rings (SSSR count). The van der Waals surface area contributed by atoms with Crippen LogP contribution in [0.2, 0.25) is 0 Å². The van der Waals surface area contributed by atoms with E-state index < -0.39 is 15.6 Å². The third-order valence-electron chi connectivity index (χ3n) is 7.40. The Labute approximate surface area is 181 Å². The van der Waals surface area contributed by atoms with Crippen molar-refractivity contribution in [2.24, 2.45) is 29.1 Å². The summed E-state index contributed by atoms with van der Waals surface area (Å²) < 4.78 is 28.8. The summed E-state index contributed by atoms with van der Waals surface area (Å²) in [6, 6.07) is 6.59. The maximum atomic E-state index is 13.2. The number of rotatable bonds is 7. The van der Waals surface area contributed by atoms with Gasteiger partial charge in [0, 0.05) is 16.3 Å². The highest BCUT2D eigenvalue weighted by Gasteiger charge is 2.55. The fourth-order valence-corrected chi connectivity index (χ4v) is 8.65. The number of nitrogens with one attached hydrogen (secondary N) is 1. The van der Waals surface area contributed by atoms with Gasteiger partial charge in [-0.15, -0.1) is 0 Å². The van der Waals surface area contributed by atoms with Gasteiger partial charge in [0.1, 0.15) is 6.29 Å². The normalized spacial score (nSPS) is 33.6. The molecule has 4 saturated carbocycles. The van der Waals surface area contributed by atoms with E-state index in [0.29, 0.717) is 28.6 Å². The van der Waals surface area contributed by atoms with Crippen LogP contribution in [0.15, 0.2) is 33.6 Å². The van der Waals surface area contributed by atoms with Gasteiger partial charge in [0.2, 0.25) is 10.0 Å². The fourth-order valence-electron chi connectivity index (χ4n) is 6.25. The van der Waals surface area contributed by atoms with Crippen LogP contribution in [0.25, 0.3) is 0 Å². The highest BCUT2D eigenvalue weighted by Crippen LogP contribution is 2.62. The second-order valence-electron chi connectivity index (χ2n) is 9.90. The number of carbonyl (C=O) groups excluding carboxylic acids is 2. The first kappa shape index (κ1) is 21.2. The smallest absolute Gasteiger partial charge is 0.242 e. The number of aldehydes is 1. The Morgan fingerprint density at radius 3 is 2.41 bits per heavy atom. The number of hydrogen-bond donors (Lipinski definition) is 1. The number of halogens is 1. The topological polar surface area (TPSA) is 80.3 Å². The zero-order valence-corrected chi connectivity index (χ0v) is 19.3. The molecule has 4 fully saturated rings. The molecule has 4 bridgehead atoms. The molecule has 29 heavy (non-hydrogen) atoms. The molecule has 4 aliphatic rings. The summed E-state index contributed by atoms with van der Waals surface area (Å²) in [5, 5.41) is 0. The van der Waals surface area contributed by atoms with Crippen molar-refractivity contribution in [3.8, 4) is 0 Å². The molecule has 158 valence electrons. The Morgan fingerprint density at radius 1 is 1.21 bits per heavy atom. The first-order chi connectivity index (χ1) is 13.6. The molecule has 0 aliphatic heterocycles. The molecule has 1 aromatic rings. The van der Waals surface area contributed by atoms with E-state index in [1.54, 1.807) is 32.0 Å². The lowest BCUT2D eigenvalue weighted by atomic mass is 9.46. The summed E-state index contributed by atoms with van der Waals surface area (Å²) in [6.07, 6.45) is 6.56. The predicted octanol–water partition coefficient (Wildman–Crippen LogP) is 4.11. The Bertz CT molecular complexity index is 926. The van der Waals surface area contributed by atoms with E-state index >= 15 is 0 Å². The van der Waals surface area contributed by atoms with Crippen LogP contribution < -0.4 is 4.72 Å². The van der Waals surface area contributed by atoms with Crippen LogP contribution in [0.4, 0.5) is 0 Å². The highest BCUT2D eigenvalue weighted by atomic mass is 79.9. The molecule has 1 N–H and O–H groups in total. The number of carbonyl (C=O) groups is 2. The monoisotopic (exact) mass is 481 g/mol. The molecular formula is C22H28BrNO4S. The lowest BCUT2D eigenvalue weighted by Crippen LogP contribution is -2.54. The van der Waals surface area contributed by atoms with E-state index in [-0.39, 0.29) is 22.0 Å². The Balaban J connectivity index is 1.48. The molecule has 0 aromatic heterocycles. The molecule has 2 unspecified atom stereocenters. The van der Waals surface area contributed by atoms with Crippen LogP contribution >= 0.6 is 15.9 Å². The minimum atomic E-state index is -3.83. The quantitative estimate of drug-likeness (QED) is 0.594. The Morgan fingerprint density at radius 2 is 1.83 bits per heavy atom. The van der Waals surface area contributed by atoms with Gasteiger partial charge in [0.15, 0.2) is 5.78 Å². The molecule has 2 atom stereocenters. The maximum Gasteiger partial charge on any atom is 0.242 e. The van der Waals surface area contributed by atoms with Gasteiger partial charge in [-0.05, 0) is 97.7 Å². The molecular weight excluding hydrogens is 454 g/mol. The van der Waals surface area contributed by atoms with Crippen LogP contribution in [0, 0.1) is 29.1 Å². The van der Waals surface area contributed by atoms with Crippen LogP contribution in [-0.4, -0.2) is 26.0 Å². The largest absolute Gasteiger partial charge is 0.303 e. The summed E-state index contributed by atoms with van der Waals surface area (Å²) in [7, 11) is -3.83. The van der Waals surface area contributed by atoms with Gasteiger partial charge in [-0.25, -0.2) is 8.42 Å². The van der Waals surface area contributed by atoms with Crippen LogP contribution in [0.1, 0.15) is 52.4 Å². The molecule has 1 aromatic carbocycles. The van der Waals surface area contributed by atoms with Crippen molar-refractivity contribution >= 4 is 38.0 Å². The lowest BCUT2D eigenvalue weighted by Gasteiger charge is -2.58. The maximum absolute atomic E-state index is 13.2. The SMILES string of the molecule is CC(C)(NS(=O)(=O)c1ccccc1Br)C(=O)CC1C2CC3CC1CC(C=O)(C3)C2.